The summed E-state index contributed by atoms with van der Waals surface area (Å²) in [5.74, 6) is 0.786. The minimum Gasteiger partial charge on any atom is -0.374 e. The van der Waals surface area contributed by atoms with Crippen LogP contribution in [0.4, 0.5) is 11.4 Å². The average Bonchev–Trinajstić information content (AvgIpc) is 2.32. The van der Waals surface area contributed by atoms with Gasteiger partial charge in [0.1, 0.15) is 0 Å². The lowest BCUT2D eigenvalue weighted by molar-refractivity contribution is -0.384. The van der Waals surface area contributed by atoms with Gasteiger partial charge in [-0.3, -0.25) is 10.1 Å². The number of nitro groups is 1. The Kier molecular flexibility index (Phi) is 4.22. The molecule has 0 heterocycles. The van der Waals surface area contributed by atoms with Crippen molar-refractivity contribution < 1.29 is 4.92 Å². The summed E-state index contributed by atoms with van der Waals surface area (Å²) in [6, 6.07) is 5.09. The molecule has 98 valence electrons. The number of hydrogen-bond acceptors (Lipinski definition) is 3. The van der Waals surface area contributed by atoms with E-state index in [0.29, 0.717) is 5.33 Å². The molecular formula is C13H17BrN2O2. The van der Waals surface area contributed by atoms with Crippen LogP contribution in [0.15, 0.2) is 18.2 Å². The molecule has 1 saturated carbocycles. The summed E-state index contributed by atoms with van der Waals surface area (Å²) >= 11 is 3.41. The van der Waals surface area contributed by atoms with E-state index >= 15 is 0 Å². The molecule has 0 atom stereocenters. The summed E-state index contributed by atoms with van der Waals surface area (Å²) in [7, 11) is 2.06. The standard InChI is InChI=1S/C13H17BrN2O2/c1-15(9-10-3-2-4-10)13-6-5-12(16(17)18)7-11(13)8-14/h5-7,10H,2-4,8-9H2,1H3. The summed E-state index contributed by atoms with van der Waals surface area (Å²) in [5, 5.41) is 11.4. The van der Waals surface area contributed by atoms with E-state index < -0.39 is 0 Å². The van der Waals surface area contributed by atoms with Crippen LogP contribution in [0.5, 0.6) is 0 Å². The Morgan fingerprint density at radius 1 is 1.50 bits per heavy atom. The third kappa shape index (κ3) is 2.83. The van der Waals surface area contributed by atoms with Gasteiger partial charge in [-0.1, -0.05) is 22.4 Å². The number of nitro benzene ring substituents is 1. The first-order chi connectivity index (χ1) is 8.61. The molecule has 1 aliphatic rings. The zero-order chi connectivity index (χ0) is 13.1. The second-order valence-corrected chi connectivity index (χ2v) is 5.44. The highest BCUT2D eigenvalue weighted by Crippen LogP contribution is 2.31. The fourth-order valence-electron chi connectivity index (χ4n) is 2.33. The number of hydrogen-bond donors (Lipinski definition) is 0. The first-order valence-electron chi connectivity index (χ1n) is 6.16. The van der Waals surface area contributed by atoms with Gasteiger partial charge in [-0.05, 0) is 30.4 Å². The molecule has 0 aliphatic heterocycles. The molecule has 0 radical (unpaired) electrons. The van der Waals surface area contributed by atoms with Crippen molar-refractivity contribution in [3.05, 3.63) is 33.9 Å². The molecule has 5 heteroatoms. The Balaban J connectivity index is 2.17. The minimum atomic E-state index is -0.345. The van der Waals surface area contributed by atoms with Gasteiger partial charge in [-0.15, -0.1) is 0 Å². The number of anilines is 1. The molecule has 0 spiro atoms. The number of rotatable bonds is 5. The first kappa shape index (κ1) is 13.3. The topological polar surface area (TPSA) is 46.4 Å². The molecule has 18 heavy (non-hydrogen) atoms. The van der Waals surface area contributed by atoms with Gasteiger partial charge in [-0.2, -0.15) is 0 Å². The highest BCUT2D eigenvalue weighted by molar-refractivity contribution is 9.08. The Morgan fingerprint density at radius 2 is 2.22 bits per heavy atom. The van der Waals surface area contributed by atoms with Gasteiger partial charge in [0.05, 0.1) is 4.92 Å². The van der Waals surface area contributed by atoms with Crippen molar-refractivity contribution in [3.63, 3.8) is 0 Å². The maximum absolute atomic E-state index is 10.8. The van der Waals surface area contributed by atoms with Gasteiger partial charge in [0.15, 0.2) is 0 Å². The van der Waals surface area contributed by atoms with Crippen molar-refractivity contribution in [1.29, 1.82) is 0 Å². The summed E-state index contributed by atoms with van der Waals surface area (Å²) in [4.78, 5) is 12.6. The molecular weight excluding hydrogens is 296 g/mol. The molecule has 0 aromatic heterocycles. The fourth-order valence-corrected chi connectivity index (χ4v) is 2.78. The van der Waals surface area contributed by atoms with Gasteiger partial charge < -0.3 is 4.90 Å². The zero-order valence-corrected chi connectivity index (χ0v) is 12.0. The molecule has 0 saturated heterocycles. The van der Waals surface area contributed by atoms with E-state index in [1.54, 1.807) is 12.1 Å². The summed E-state index contributed by atoms with van der Waals surface area (Å²) in [6.07, 6.45) is 3.95. The predicted molar refractivity (Wildman–Crippen MR) is 76.3 cm³/mol. The van der Waals surface area contributed by atoms with Crippen LogP contribution in [0.3, 0.4) is 0 Å². The number of alkyl halides is 1. The van der Waals surface area contributed by atoms with Gasteiger partial charge in [0, 0.05) is 36.7 Å². The third-order valence-corrected chi connectivity index (χ3v) is 4.19. The average molecular weight is 313 g/mol. The second kappa shape index (κ2) is 5.69. The first-order valence-corrected chi connectivity index (χ1v) is 7.28. The van der Waals surface area contributed by atoms with Crippen LogP contribution in [0, 0.1) is 16.0 Å². The highest BCUT2D eigenvalue weighted by atomic mass is 79.9. The maximum atomic E-state index is 10.8. The maximum Gasteiger partial charge on any atom is 0.269 e. The Morgan fingerprint density at radius 3 is 2.72 bits per heavy atom. The van der Waals surface area contributed by atoms with E-state index in [9.17, 15) is 10.1 Å². The van der Waals surface area contributed by atoms with Crippen molar-refractivity contribution >= 4 is 27.3 Å². The minimum absolute atomic E-state index is 0.158. The van der Waals surface area contributed by atoms with Gasteiger partial charge in [-0.25, -0.2) is 0 Å². The van der Waals surface area contributed by atoms with Crippen molar-refractivity contribution in [2.45, 2.75) is 24.6 Å². The Bertz CT molecular complexity index is 447. The molecule has 4 nitrogen and oxygen atoms in total. The molecule has 2 rings (SSSR count). The van der Waals surface area contributed by atoms with Gasteiger partial charge in [0.2, 0.25) is 0 Å². The summed E-state index contributed by atoms with van der Waals surface area (Å²) in [6.45, 7) is 1.04. The lowest BCUT2D eigenvalue weighted by Gasteiger charge is -2.32. The molecule has 0 bridgehead atoms. The lowest BCUT2D eigenvalue weighted by atomic mass is 9.85. The quantitative estimate of drug-likeness (QED) is 0.473. The van der Waals surface area contributed by atoms with Crippen LogP contribution >= 0.6 is 15.9 Å². The highest BCUT2D eigenvalue weighted by Gasteiger charge is 2.20. The van der Waals surface area contributed by atoms with Crippen LogP contribution in [-0.4, -0.2) is 18.5 Å². The third-order valence-electron chi connectivity index (χ3n) is 3.59. The number of halogens is 1. The van der Waals surface area contributed by atoms with Crippen LogP contribution < -0.4 is 4.90 Å². The molecule has 0 unspecified atom stereocenters. The van der Waals surface area contributed by atoms with Crippen molar-refractivity contribution in [2.24, 2.45) is 5.92 Å². The SMILES string of the molecule is CN(CC1CCC1)c1ccc([N+](=O)[O-])cc1CBr. The zero-order valence-electron chi connectivity index (χ0n) is 10.4. The molecule has 1 aromatic rings. The van der Waals surface area contributed by atoms with Crippen molar-refractivity contribution in [1.82, 2.24) is 0 Å². The van der Waals surface area contributed by atoms with Crippen LogP contribution in [0.2, 0.25) is 0 Å². The Hall–Kier alpha value is -1.10. The second-order valence-electron chi connectivity index (χ2n) is 4.88. The monoisotopic (exact) mass is 312 g/mol. The number of nitrogens with zero attached hydrogens (tertiary/aromatic N) is 2. The number of non-ortho nitro benzene ring substituents is 1. The van der Waals surface area contributed by atoms with Crippen LogP contribution in [0.1, 0.15) is 24.8 Å². The predicted octanol–water partition coefficient (Wildman–Crippen LogP) is 3.73. The fraction of sp³-hybridized carbons (Fsp3) is 0.538. The number of benzene rings is 1. The van der Waals surface area contributed by atoms with E-state index in [2.05, 4.69) is 27.9 Å². The van der Waals surface area contributed by atoms with Crippen LogP contribution in [-0.2, 0) is 5.33 Å². The van der Waals surface area contributed by atoms with E-state index in [-0.39, 0.29) is 10.6 Å². The summed E-state index contributed by atoms with van der Waals surface area (Å²) < 4.78 is 0. The van der Waals surface area contributed by atoms with Crippen molar-refractivity contribution in [2.75, 3.05) is 18.5 Å². The lowest BCUT2D eigenvalue weighted by Crippen LogP contribution is -2.29. The molecule has 1 fully saturated rings. The van der Waals surface area contributed by atoms with E-state index in [4.69, 9.17) is 0 Å². The Labute approximate surface area is 115 Å². The van der Waals surface area contributed by atoms with E-state index in [1.165, 1.54) is 19.3 Å². The van der Waals surface area contributed by atoms with Crippen LogP contribution in [0.25, 0.3) is 0 Å². The normalized spacial score (nSPS) is 15.2. The van der Waals surface area contributed by atoms with E-state index in [1.807, 2.05) is 6.07 Å². The molecule has 0 amide bonds. The van der Waals surface area contributed by atoms with Gasteiger partial charge in [0.25, 0.3) is 5.69 Å². The molecule has 1 aliphatic carbocycles. The molecule has 0 N–H and O–H groups in total. The van der Waals surface area contributed by atoms with Crippen molar-refractivity contribution in [3.8, 4) is 0 Å². The summed E-state index contributed by atoms with van der Waals surface area (Å²) in [5.41, 5.74) is 2.22. The smallest absolute Gasteiger partial charge is 0.269 e. The van der Waals surface area contributed by atoms with E-state index in [0.717, 1.165) is 23.7 Å². The van der Waals surface area contributed by atoms with Gasteiger partial charge >= 0.3 is 0 Å². The largest absolute Gasteiger partial charge is 0.374 e. The molecule has 1 aromatic carbocycles.